The van der Waals surface area contributed by atoms with E-state index in [9.17, 15) is 9.59 Å². The Bertz CT molecular complexity index is 919. The molecular formula is C17H14ClN3O2. The van der Waals surface area contributed by atoms with Gasteiger partial charge in [-0.1, -0.05) is 29.8 Å². The van der Waals surface area contributed by atoms with Gasteiger partial charge in [-0.3, -0.25) is 9.59 Å². The van der Waals surface area contributed by atoms with E-state index in [0.29, 0.717) is 16.1 Å². The van der Waals surface area contributed by atoms with Gasteiger partial charge in [0.15, 0.2) is 0 Å². The average molecular weight is 328 g/mol. The molecule has 5 nitrogen and oxygen atoms in total. The van der Waals surface area contributed by atoms with Crippen LogP contribution in [0.4, 0.5) is 5.69 Å². The Morgan fingerprint density at radius 3 is 2.61 bits per heavy atom. The van der Waals surface area contributed by atoms with Crippen LogP contribution < -0.4 is 10.9 Å². The molecule has 0 aliphatic rings. The molecular weight excluding hydrogens is 314 g/mol. The number of carbonyl (C=O) groups is 1. The highest BCUT2D eigenvalue weighted by atomic mass is 35.5. The van der Waals surface area contributed by atoms with Gasteiger partial charge < -0.3 is 5.32 Å². The highest BCUT2D eigenvalue weighted by molar-refractivity contribution is 6.30. The summed E-state index contributed by atoms with van der Waals surface area (Å²) < 4.78 is 1.19. The Morgan fingerprint density at radius 2 is 1.87 bits per heavy atom. The summed E-state index contributed by atoms with van der Waals surface area (Å²) in [6.07, 6.45) is 1.59. The molecule has 0 bridgehead atoms. The lowest BCUT2D eigenvalue weighted by Crippen LogP contribution is -2.33. The van der Waals surface area contributed by atoms with Gasteiger partial charge in [-0.25, -0.2) is 4.68 Å². The normalized spacial score (nSPS) is 12.1. The van der Waals surface area contributed by atoms with E-state index in [0.717, 1.165) is 5.39 Å². The molecule has 0 saturated carbocycles. The zero-order chi connectivity index (χ0) is 16.4. The molecule has 3 rings (SSSR count). The topological polar surface area (TPSA) is 64.0 Å². The number of anilines is 1. The van der Waals surface area contributed by atoms with Crippen LogP contribution >= 0.6 is 11.6 Å². The van der Waals surface area contributed by atoms with Crippen molar-refractivity contribution in [1.29, 1.82) is 0 Å². The van der Waals surface area contributed by atoms with Crippen molar-refractivity contribution >= 4 is 34.0 Å². The number of fused-ring (bicyclic) bond motifs is 1. The molecule has 1 N–H and O–H groups in total. The summed E-state index contributed by atoms with van der Waals surface area (Å²) in [4.78, 5) is 24.8. The van der Waals surface area contributed by atoms with Crippen molar-refractivity contribution in [2.75, 3.05) is 5.32 Å². The maximum atomic E-state index is 12.5. The van der Waals surface area contributed by atoms with Crippen LogP contribution in [0.1, 0.15) is 13.0 Å². The number of halogens is 1. The predicted molar refractivity (Wildman–Crippen MR) is 90.8 cm³/mol. The summed E-state index contributed by atoms with van der Waals surface area (Å²) in [5, 5.41) is 8.72. The fourth-order valence-corrected chi connectivity index (χ4v) is 2.40. The Labute approximate surface area is 137 Å². The lowest BCUT2D eigenvalue weighted by molar-refractivity contribution is -0.119. The van der Waals surface area contributed by atoms with E-state index >= 15 is 0 Å². The van der Waals surface area contributed by atoms with E-state index in [2.05, 4.69) is 10.4 Å². The van der Waals surface area contributed by atoms with Crippen molar-refractivity contribution in [3.05, 3.63) is 70.1 Å². The molecule has 0 saturated heterocycles. The molecule has 0 aliphatic heterocycles. The van der Waals surface area contributed by atoms with Crippen LogP contribution in [0, 0.1) is 0 Å². The molecule has 6 heteroatoms. The Kier molecular flexibility index (Phi) is 4.12. The number of aromatic nitrogens is 2. The average Bonchev–Trinajstić information content (AvgIpc) is 2.57. The molecule has 0 radical (unpaired) electrons. The second-order valence-electron chi connectivity index (χ2n) is 5.15. The Balaban J connectivity index is 1.89. The fourth-order valence-electron chi connectivity index (χ4n) is 2.27. The minimum atomic E-state index is -0.734. The van der Waals surface area contributed by atoms with E-state index in [1.165, 1.54) is 4.68 Å². The molecule has 1 amide bonds. The second kappa shape index (κ2) is 6.22. The maximum Gasteiger partial charge on any atom is 0.275 e. The molecule has 116 valence electrons. The molecule has 1 aromatic heterocycles. The zero-order valence-corrected chi connectivity index (χ0v) is 13.1. The fraction of sp³-hybridized carbons (Fsp3) is 0.118. The van der Waals surface area contributed by atoms with Crippen molar-refractivity contribution in [2.45, 2.75) is 13.0 Å². The molecule has 0 spiro atoms. The molecule has 1 atom stereocenters. The first-order chi connectivity index (χ1) is 11.1. The van der Waals surface area contributed by atoms with Gasteiger partial charge in [0.1, 0.15) is 6.04 Å². The van der Waals surface area contributed by atoms with E-state index in [4.69, 9.17) is 11.6 Å². The van der Waals surface area contributed by atoms with E-state index < -0.39 is 6.04 Å². The van der Waals surface area contributed by atoms with Gasteiger partial charge in [0.05, 0.1) is 11.6 Å². The minimum absolute atomic E-state index is 0.290. The van der Waals surface area contributed by atoms with Crippen molar-refractivity contribution in [3.63, 3.8) is 0 Å². The number of hydrogen-bond donors (Lipinski definition) is 1. The van der Waals surface area contributed by atoms with Gasteiger partial charge in [0, 0.05) is 16.1 Å². The third-order valence-corrected chi connectivity index (χ3v) is 3.83. The summed E-state index contributed by atoms with van der Waals surface area (Å²) in [5.74, 6) is -0.322. The van der Waals surface area contributed by atoms with Crippen LogP contribution in [0.3, 0.4) is 0 Å². The highest BCUT2D eigenvalue weighted by Gasteiger charge is 2.18. The molecule has 1 unspecified atom stereocenters. The SMILES string of the molecule is CC(C(=O)Nc1ccc(Cl)cc1)n1ncc2ccccc2c1=O. The van der Waals surface area contributed by atoms with Gasteiger partial charge in [-0.2, -0.15) is 5.10 Å². The smallest absolute Gasteiger partial charge is 0.275 e. The number of hydrogen-bond acceptors (Lipinski definition) is 3. The van der Waals surface area contributed by atoms with Gasteiger partial charge in [-0.15, -0.1) is 0 Å². The summed E-state index contributed by atoms with van der Waals surface area (Å²) in [6, 6.07) is 13.2. The molecule has 23 heavy (non-hydrogen) atoms. The first-order valence-corrected chi connectivity index (χ1v) is 7.47. The summed E-state index contributed by atoms with van der Waals surface area (Å²) in [7, 11) is 0. The van der Waals surface area contributed by atoms with E-state index in [1.807, 2.05) is 12.1 Å². The van der Waals surface area contributed by atoms with Crippen LogP contribution in [0.5, 0.6) is 0 Å². The largest absolute Gasteiger partial charge is 0.324 e. The van der Waals surface area contributed by atoms with Crippen molar-refractivity contribution in [3.8, 4) is 0 Å². The van der Waals surface area contributed by atoms with E-state index in [1.54, 1.807) is 49.5 Å². The van der Waals surface area contributed by atoms with Crippen LogP contribution in [-0.2, 0) is 4.79 Å². The third-order valence-electron chi connectivity index (χ3n) is 3.58. The van der Waals surface area contributed by atoms with Gasteiger partial charge in [0.25, 0.3) is 5.56 Å². The second-order valence-corrected chi connectivity index (χ2v) is 5.59. The maximum absolute atomic E-state index is 12.5. The molecule has 2 aromatic carbocycles. The molecule has 3 aromatic rings. The predicted octanol–water partition coefficient (Wildman–Crippen LogP) is 3.25. The number of carbonyl (C=O) groups excluding carboxylic acids is 1. The number of benzene rings is 2. The van der Waals surface area contributed by atoms with Crippen LogP contribution in [0.25, 0.3) is 10.8 Å². The number of amides is 1. The minimum Gasteiger partial charge on any atom is -0.324 e. The van der Waals surface area contributed by atoms with Gasteiger partial charge in [0.2, 0.25) is 5.91 Å². The summed E-state index contributed by atoms with van der Waals surface area (Å²) in [6.45, 7) is 1.63. The first-order valence-electron chi connectivity index (χ1n) is 7.09. The lowest BCUT2D eigenvalue weighted by atomic mass is 10.2. The number of nitrogens with one attached hydrogen (secondary N) is 1. The Hall–Kier alpha value is -2.66. The highest BCUT2D eigenvalue weighted by Crippen LogP contribution is 2.15. The zero-order valence-electron chi connectivity index (χ0n) is 12.4. The quantitative estimate of drug-likeness (QED) is 0.803. The number of nitrogens with zero attached hydrogens (tertiary/aromatic N) is 2. The standard InChI is InChI=1S/C17H14ClN3O2/c1-11(16(22)20-14-8-6-13(18)7-9-14)21-17(23)15-5-3-2-4-12(15)10-19-21/h2-11H,1H3,(H,20,22). The third kappa shape index (κ3) is 3.10. The molecule has 1 heterocycles. The van der Waals surface area contributed by atoms with Crippen LogP contribution in [0.2, 0.25) is 5.02 Å². The Morgan fingerprint density at radius 1 is 1.17 bits per heavy atom. The van der Waals surface area contributed by atoms with Crippen molar-refractivity contribution in [1.82, 2.24) is 9.78 Å². The lowest BCUT2D eigenvalue weighted by Gasteiger charge is -2.14. The van der Waals surface area contributed by atoms with Crippen molar-refractivity contribution < 1.29 is 4.79 Å². The van der Waals surface area contributed by atoms with Crippen LogP contribution in [0.15, 0.2) is 59.5 Å². The monoisotopic (exact) mass is 327 g/mol. The van der Waals surface area contributed by atoms with Gasteiger partial charge >= 0.3 is 0 Å². The number of rotatable bonds is 3. The molecule has 0 aliphatic carbocycles. The van der Waals surface area contributed by atoms with E-state index in [-0.39, 0.29) is 11.5 Å². The van der Waals surface area contributed by atoms with Gasteiger partial charge in [-0.05, 0) is 37.3 Å². The van der Waals surface area contributed by atoms with Crippen molar-refractivity contribution in [2.24, 2.45) is 0 Å². The first kappa shape index (κ1) is 15.2. The summed E-state index contributed by atoms with van der Waals surface area (Å²) in [5.41, 5.74) is 0.321. The van der Waals surface area contributed by atoms with Crippen LogP contribution in [-0.4, -0.2) is 15.7 Å². The summed E-state index contributed by atoms with van der Waals surface area (Å²) >= 11 is 5.81. The molecule has 0 fully saturated rings.